The van der Waals surface area contributed by atoms with Crippen LogP contribution in [0.4, 0.5) is 10.1 Å². The molecular formula is C12H13ClFN. The zero-order valence-electron chi connectivity index (χ0n) is 8.42. The first-order valence-corrected chi connectivity index (χ1v) is 5.59. The summed E-state index contributed by atoms with van der Waals surface area (Å²) in [6.07, 6.45) is 4.94. The molecule has 0 radical (unpaired) electrons. The molecule has 80 valence electrons. The smallest absolute Gasteiger partial charge is 0.125 e. The van der Waals surface area contributed by atoms with Gasteiger partial charge in [0, 0.05) is 24.7 Å². The van der Waals surface area contributed by atoms with Crippen LogP contribution in [0.15, 0.2) is 30.4 Å². The Morgan fingerprint density at radius 2 is 2.27 bits per heavy atom. The Morgan fingerprint density at radius 1 is 1.40 bits per heavy atom. The van der Waals surface area contributed by atoms with Gasteiger partial charge in [-0.15, -0.1) is 11.6 Å². The van der Waals surface area contributed by atoms with Crippen LogP contribution < -0.4 is 4.90 Å². The fourth-order valence-corrected chi connectivity index (χ4v) is 2.00. The summed E-state index contributed by atoms with van der Waals surface area (Å²) in [4.78, 5) is 2.17. The SMILES string of the molecule is Fc1ccc2c(c1)N(C/C=C/CCl)CC2. The third-order valence-electron chi connectivity index (χ3n) is 2.62. The predicted molar refractivity (Wildman–Crippen MR) is 62.2 cm³/mol. The summed E-state index contributed by atoms with van der Waals surface area (Å²) in [6.45, 7) is 1.77. The maximum atomic E-state index is 13.1. The fraction of sp³-hybridized carbons (Fsp3) is 0.333. The van der Waals surface area contributed by atoms with E-state index in [2.05, 4.69) is 4.90 Å². The van der Waals surface area contributed by atoms with Crippen molar-refractivity contribution in [2.45, 2.75) is 6.42 Å². The van der Waals surface area contributed by atoms with Crippen molar-refractivity contribution in [3.63, 3.8) is 0 Å². The fourth-order valence-electron chi connectivity index (χ4n) is 1.87. The molecule has 0 unspecified atom stereocenters. The quantitative estimate of drug-likeness (QED) is 0.565. The number of rotatable bonds is 3. The van der Waals surface area contributed by atoms with Crippen molar-refractivity contribution in [3.8, 4) is 0 Å². The highest BCUT2D eigenvalue weighted by Crippen LogP contribution is 2.28. The van der Waals surface area contributed by atoms with E-state index in [-0.39, 0.29) is 5.82 Å². The van der Waals surface area contributed by atoms with E-state index in [1.807, 2.05) is 18.2 Å². The van der Waals surface area contributed by atoms with Crippen LogP contribution in [-0.4, -0.2) is 19.0 Å². The van der Waals surface area contributed by atoms with Gasteiger partial charge >= 0.3 is 0 Å². The van der Waals surface area contributed by atoms with E-state index in [4.69, 9.17) is 11.6 Å². The normalized spacial score (nSPS) is 14.9. The molecule has 2 rings (SSSR count). The van der Waals surface area contributed by atoms with Gasteiger partial charge in [-0.25, -0.2) is 4.39 Å². The third-order valence-corrected chi connectivity index (χ3v) is 2.80. The van der Waals surface area contributed by atoms with Crippen molar-refractivity contribution in [3.05, 3.63) is 41.7 Å². The molecule has 0 saturated heterocycles. The monoisotopic (exact) mass is 225 g/mol. The van der Waals surface area contributed by atoms with Crippen LogP contribution in [0.5, 0.6) is 0 Å². The molecule has 0 N–H and O–H groups in total. The van der Waals surface area contributed by atoms with Gasteiger partial charge in [-0.1, -0.05) is 18.2 Å². The Hall–Kier alpha value is -1.02. The number of alkyl halides is 1. The molecule has 0 spiro atoms. The van der Waals surface area contributed by atoms with Crippen molar-refractivity contribution < 1.29 is 4.39 Å². The molecule has 1 heterocycles. The topological polar surface area (TPSA) is 3.24 Å². The molecule has 1 aromatic rings. The minimum Gasteiger partial charge on any atom is -0.367 e. The van der Waals surface area contributed by atoms with Gasteiger partial charge in [-0.2, -0.15) is 0 Å². The zero-order chi connectivity index (χ0) is 10.7. The molecule has 0 atom stereocenters. The van der Waals surface area contributed by atoms with Crippen molar-refractivity contribution in [2.24, 2.45) is 0 Å². The van der Waals surface area contributed by atoms with Crippen LogP contribution in [0.3, 0.4) is 0 Å². The second-order valence-corrected chi connectivity index (χ2v) is 3.90. The Labute approximate surface area is 94.2 Å². The van der Waals surface area contributed by atoms with Crippen molar-refractivity contribution >= 4 is 17.3 Å². The molecule has 0 aromatic heterocycles. The summed E-state index contributed by atoms with van der Waals surface area (Å²) in [6, 6.07) is 5.00. The van der Waals surface area contributed by atoms with Gasteiger partial charge in [0.05, 0.1) is 0 Å². The highest BCUT2D eigenvalue weighted by atomic mass is 35.5. The molecule has 3 heteroatoms. The zero-order valence-corrected chi connectivity index (χ0v) is 9.17. The van der Waals surface area contributed by atoms with Gasteiger partial charge in [0.1, 0.15) is 5.82 Å². The molecule has 1 aromatic carbocycles. The molecule has 0 aliphatic carbocycles. The largest absolute Gasteiger partial charge is 0.367 e. The second-order valence-electron chi connectivity index (χ2n) is 3.59. The number of fused-ring (bicyclic) bond motifs is 1. The summed E-state index contributed by atoms with van der Waals surface area (Å²) in [5.41, 5.74) is 2.25. The molecular weight excluding hydrogens is 213 g/mol. The van der Waals surface area contributed by atoms with Gasteiger partial charge in [-0.05, 0) is 24.1 Å². The van der Waals surface area contributed by atoms with Gasteiger partial charge in [-0.3, -0.25) is 0 Å². The molecule has 0 amide bonds. The van der Waals surface area contributed by atoms with Gasteiger partial charge < -0.3 is 4.90 Å². The van der Waals surface area contributed by atoms with Gasteiger partial charge in [0.15, 0.2) is 0 Å². The van der Waals surface area contributed by atoms with Crippen LogP contribution in [0, 0.1) is 5.82 Å². The number of hydrogen-bond donors (Lipinski definition) is 0. The van der Waals surface area contributed by atoms with Crippen LogP contribution in [0.2, 0.25) is 0 Å². The molecule has 0 bridgehead atoms. The number of halogens is 2. The molecule has 0 fully saturated rings. The van der Waals surface area contributed by atoms with E-state index in [0.29, 0.717) is 5.88 Å². The number of hydrogen-bond acceptors (Lipinski definition) is 1. The average molecular weight is 226 g/mol. The number of nitrogens with zero attached hydrogens (tertiary/aromatic N) is 1. The summed E-state index contributed by atoms with van der Waals surface area (Å²) in [5, 5.41) is 0. The Bertz CT molecular complexity index is 376. The Morgan fingerprint density at radius 3 is 3.07 bits per heavy atom. The molecule has 15 heavy (non-hydrogen) atoms. The van der Waals surface area contributed by atoms with Gasteiger partial charge in [0.25, 0.3) is 0 Å². The van der Waals surface area contributed by atoms with E-state index in [1.54, 1.807) is 6.07 Å². The van der Waals surface area contributed by atoms with Crippen molar-refractivity contribution in [2.75, 3.05) is 23.9 Å². The van der Waals surface area contributed by atoms with E-state index in [0.717, 1.165) is 25.2 Å². The number of allylic oxidation sites excluding steroid dienone is 1. The van der Waals surface area contributed by atoms with Crippen molar-refractivity contribution in [1.82, 2.24) is 0 Å². The first-order valence-electron chi connectivity index (χ1n) is 5.05. The van der Waals surface area contributed by atoms with Crippen LogP contribution >= 0.6 is 11.6 Å². The summed E-state index contributed by atoms with van der Waals surface area (Å²) < 4.78 is 13.1. The minimum atomic E-state index is -0.165. The maximum Gasteiger partial charge on any atom is 0.125 e. The second kappa shape index (κ2) is 4.67. The molecule has 1 nitrogen and oxygen atoms in total. The van der Waals surface area contributed by atoms with E-state index in [9.17, 15) is 4.39 Å². The maximum absolute atomic E-state index is 13.1. The van der Waals surface area contributed by atoms with E-state index >= 15 is 0 Å². The lowest BCUT2D eigenvalue weighted by molar-refractivity contribution is 0.627. The van der Waals surface area contributed by atoms with Crippen LogP contribution in [0.1, 0.15) is 5.56 Å². The number of benzene rings is 1. The first kappa shape index (κ1) is 10.5. The number of anilines is 1. The summed E-state index contributed by atoms with van der Waals surface area (Å²) in [7, 11) is 0. The lowest BCUT2D eigenvalue weighted by atomic mass is 10.2. The Kier molecular flexibility index (Phi) is 3.27. The van der Waals surface area contributed by atoms with E-state index < -0.39 is 0 Å². The lowest BCUT2D eigenvalue weighted by Gasteiger charge is -2.16. The standard InChI is InChI=1S/C12H13ClFN/c13-6-1-2-7-15-8-5-10-3-4-11(14)9-12(10)15/h1-4,9H,5-8H2/b2-1+. The highest BCUT2D eigenvalue weighted by molar-refractivity contribution is 6.18. The third kappa shape index (κ3) is 2.32. The highest BCUT2D eigenvalue weighted by Gasteiger charge is 2.17. The molecule has 1 aliphatic rings. The van der Waals surface area contributed by atoms with Crippen LogP contribution in [0.25, 0.3) is 0 Å². The lowest BCUT2D eigenvalue weighted by Crippen LogP contribution is -2.20. The average Bonchev–Trinajstić information content (AvgIpc) is 2.62. The predicted octanol–water partition coefficient (Wildman–Crippen LogP) is 2.98. The molecule has 0 saturated carbocycles. The summed E-state index contributed by atoms with van der Waals surface area (Å²) in [5.74, 6) is 0.367. The Balaban J connectivity index is 2.13. The molecule has 1 aliphatic heterocycles. The van der Waals surface area contributed by atoms with E-state index in [1.165, 1.54) is 11.6 Å². The van der Waals surface area contributed by atoms with Gasteiger partial charge in [0.2, 0.25) is 0 Å². The summed E-state index contributed by atoms with van der Waals surface area (Å²) >= 11 is 5.55. The minimum absolute atomic E-state index is 0.165. The van der Waals surface area contributed by atoms with Crippen LogP contribution in [-0.2, 0) is 6.42 Å². The van der Waals surface area contributed by atoms with Crippen molar-refractivity contribution in [1.29, 1.82) is 0 Å². The first-order chi connectivity index (χ1) is 7.31.